The van der Waals surface area contributed by atoms with Crippen molar-refractivity contribution in [1.82, 2.24) is 20.0 Å². The van der Waals surface area contributed by atoms with Crippen molar-refractivity contribution in [2.45, 2.75) is 27.3 Å². The predicted molar refractivity (Wildman–Crippen MR) is 78.3 cm³/mol. The lowest BCUT2D eigenvalue weighted by atomic mass is 10.4. The second-order valence-corrected chi connectivity index (χ2v) is 5.33. The summed E-state index contributed by atoms with van der Waals surface area (Å²) in [6, 6.07) is 0. The zero-order valence-corrected chi connectivity index (χ0v) is 13.0. The average molecular weight is 285 g/mol. The third-order valence-corrected chi connectivity index (χ3v) is 3.59. The lowest BCUT2D eigenvalue weighted by Crippen LogP contribution is -2.38. The van der Waals surface area contributed by atoms with Gasteiger partial charge in [-0.3, -0.25) is 9.69 Å². The summed E-state index contributed by atoms with van der Waals surface area (Å²) in [4.78, 5) is 15.8. The second kappa shape index (κ2) is 8.06. The Balaban J connectivity index is 2.45. The predicted octanol–water partition coefficient (Wildman–Crippen LogP) is 1.27. The lowest BCUT2D eigenvalue weighted by Gasteiger charge is -2.22. The summed E-state index contributed by atoms with van der Waals surface area (Å²) in [6.07, 6.45) is 0. The molecule has 1 rings (SSSR count). The van der Waals surface area contributed by atoms with Gasteiger partial charge in [0.25, 0.3) is 0 Å². The van der Waals surface area contributed by atoms with Crippen LogP contribution in [0.15, 0.2) is 0 Å². The maximum Gasteiger partial charge on any atom is 0.236 e. The number of nitrogens with zero attached hydrogens (tertiary/aromatic N) is 4. The third-order valence-electron chi connectivity index (χ3n) is 2.72. The molecule has 0 fully saturated rings. The van der Waals surface area contributed by atoms with Gasteiger partial charge in [-0.05, 0) is 27.8 Å². The number of hydrogen-bond acceptors (Lipinski definition) is 6. The van der Waals surface area contributed by atoms with Gasteiger partial charge in [-0.25, -0.2) is 0 Å². The Morgan fingerprint density at radius 1 is 1.26 bits per heavy atom. The van der Waals surface area contributed by atoms with E-state index in [0.29, 0.717) is 13.1 Å². The van der Waals surface area contributed by atoms with E-state index in [1.54, 1.807) is 0 Å². The summed E-state index contributed by atoms with van der Waals surface area (Å²) in [6.45, 7) is 9.43. The van der Waals surface area contributed by atoms with Crippen molar-refractivity contribution in [1.29, 1.82) is 0 Å². The van der Waals surface area contributed by atoms with Gasteiger partial charge in [0.2, 0.25) is 11.0 Å². The van der Waals surface area contributed by atoms with E-state index in [2.05, 4.69) is 15.5 Å². The number of carbonyl (C=O) groups excluding carboxylic acids is 1. The van der Waals surface area contributed by atoms with Gasteiger partial charge in [0, 0.05) is 19.6 Å². The molecule has 1 amide bonds. The van der Waals surface area contributed by atoms with Crippen LogP contribution in [0.25, 0.3) is 0 Å². The fraction of sp³-hybridized carbons (Fsp3) is 0.750. The minimum absolute atomic E-state index is 0.156. The normalized spacial score (nSPS) is 10.8. The van der Waals surface area contributed by atoms with Crippen LogP contribution in [0.3, 0.4) is 0 Å². The van der Waals surface area contributed by atoms with E-state index in [1.807, 2.05) is 37.6 Å². The first kappa shape index (κ1) is 15.8. The van der Waals surface area contributed by atoms with Crippen molar-refractivity contribution in [3.63, 3.8) is 0 Å². The number of nitrogens with one attached hydrogen (secondary N) is 1. The molecule has 0 aliphatic heterocycles. The molecule has 1 aromatic rings. The summed E-state index contributed by atoms with van der Waals surface area (Å²) in [5, 5.41) is 13.0. The minimum Gasteiger partial charge on any atom is -0.360 e. The molecule has 7 heteroatoms. The van der Waals surface area contributed by atoms with Crippen molar-refractivity contribution >= 4 is 22.4 Å². The first-order chi connectivity index (χ1) is 9.10. The Kier molecular flexibility index (Phi) is 6.72. The second-order valence-electron chi connectivity index (χ2n) is 4.27. The highest BCUT2D eigenvalue weighted by Crippen LogP contribution is 2.16. The van der Waals surface area contributed by atoms with E-state index < -0.39 is 0 Å². The van der Waals surface area contributed by atoms with Crippen LogP contribution in [-0.4, -0.2) is 59.1 Å². The summed E-state index contributed by atoms with van der Waals surface area (Å²) >= 11 is 1.53. The van der Waals surface area contributed by atoms with E-state index >= 15 is 0 Å². The Labute approximate surface area is 118 Å². The van der Waals surface area contributed by atoms with Crippen LogP contribution in [0.5, 0.6) is 0 Å². The minimum atomic E-state index is 0.156. The molecule has 0 saturated heterocycles. The smallest absolute Gasteiger partial charge is 0.236 e. The molecule has 0 saturated carbocycles. The fourth-order valence-electron chi connectivity index (χ4n) is 1.73. The van der Waals surface area contributed by atoms with Gasteiger partial charge in [0.15, 0.2) is 0 Å². The lowest BCUT2D eigenvalue weighted by molar-refractivity contribution is -0.131. The number of likely N-dealkylation sites (N-methyl/N-ethyl adjacent to an activating group) is 2. The third kappa shape index (κ3) is 5.12. The van der Waals surface area contributed by atoms with Crippen LogP contribution >= 0.6 is 11.3 Å². The molecular weight excluding hydrogens is 262 g/mol. The van der Waals surface area contributed by atoms with E-state index in [-0.39, 0.29) is 5.91 Å². The van der Waals surface area contributed by atoms with Crippen LogP contribution in [-0.2, 0) is 11.3 Å². The largest absolute Gasteiger partial charge is 0.360 e. The molecule has 0 bridgehead atoms. The number of amides is 1. The van der Waals surface area contributed by atoms with E-state index in [0.717, 1.165) is 29.8 Å². The van der Waals surface area contributed by atoms with Gasteiger partial charge in [0.1, 0.15) is 5.01 Å². The molecule has 0 radical (unpaired) electrons. The molecule has 0 aliphatic rings. The Hall–Kier alpha value is -1.21. The molecule has 0 aliphatic carbocycles. The highest BCUT2D eigenvalue weighted by atomic mass is 32.1. The van der Waals surface area contributed by atoms with Crippen molar-refractivity contribution < 1.29 is 4.79 Å². The van der Waals surface area contributed by atoms with Crippen LogP contribution in [0.2, 0.25) is 0 Å². The monoisotopic (exact) mass is 285 g/mol. The van der Waals surface area contributed by atoms with Crippen LogP contribution < -0.4 is 5.32 Å². The Morgan fingerprint density at radius 2 is 1.95 bits per heavy atom. The highest BCUT2D eigenvalue weighted by molar-refractivity contribution is 7.15. The molecule has 19 heavy (non-hydrogen) atoms. The van der Waals surface area contributed by atoms with Gasteiger partial charge in [-0.1, -0.05) is 11.3 Å². The van der Waals surface area contributed by atoms with Gasteiger partial charge in [-0.2, -0.15) is 0 Å². The molecule has 0 aromatic carbocycles. The van der Waals surface area contributed by atoms with E-state index in [9.17, 15) is 4.79 Å². The van der Waals surface area contributed by atoms with Gasteiger partial charge >= 0.3 is 0 Å². The first-order valence-corrected chi connectivity index (χ1v) is 7.44. The quantitative estimate of drug-likeness (QED) is 0.779. The summed E-state index contributed by atoms with van der Waals surface area (Å²) in [7, 11) is 1.93. The van der Waals surface area contributed by atoms with Crippen LogP contribution in [0, 0.1) is 0 Å². The van der Waals surface area contributed by atoms with Gasteiger partial charge < -0.3 is 10.2 Å². The van der Waals surface area contributed by atoms with E-state index in [4.69, 9.17) is 0 Å². The molecule has 1 N–H and O–H groups in total. The number of aromatic nitrogens is 2. The number of rotatable bonds is 8. The van der Waals surface area contributed by atoms with Crippen molar-refractivity contribution in [2.75, 3.05) is 38.5 Å². The fourth-order valence-corrected chi connectivity index (χ4v) is 2.62. The maximum atomic E-state index is 12.0. The molecule has 6 nitrogen and oxygen atoms in total. The molecule has 0 spiro atoms. The van der Waals surface area contributed by atoms with Crippen LogP contribution in [0.1, 0.15) is 25.8 Å². The molecule has 1 heterocycles. The molecule has 1 aromatic heterocycles. The van der Waals surface area contributed by atoms with Crippen molar-refractivity contribution in [3.05, 3.63) is 5.01 Å². The van der Waals surface area contributed by atoms with Gasteiger partial charge in [-0.15, -0.1) is 10.2 Å². The standard InChI is InChI=1S/C12H23N5OS/c1-5-13-12-15-14-10(19-12)8-16(4)9-11(18)17(6-2)7-3/h5-9H2,1-4H3,(H,13,15). The summed E-state index contributed by atoms with van der Waals surface area (Å²) in [5.41, 5.74) is 0. The maximum absolute atomic E-state index is 12.0. The SMILES string of the molecule is CCNc1nnc(CN(C)CC(=O)N(CC)CC)s1. The Bertz CT molecular complexity index is 391. The molecule has 0 unspecified atom stereocenters. The van der Waals surface area contributed by atoms with Crippen molar-refractivity contribution in [3.8, 4) is 0 Å². The Morgan fingerprint density at radius 3 is 2.53 bits per heavy atom. The molecular formula is C12H23N5OS. The van der Waals surface area contributed by atoms with E-state index in [1.165, 1.54) is 11.3 Å². The summed E-state index contributed by atoms with van der Waals surface area (Å²) < 4.78 is 0. The number of carbonyl (C=O) groups is 1. The first-order valence-electron chi connectivity index (χ1n) is 6.63. The van der Waals surface area contributed by atoms with Gasteiger partial charge in [0.05, 0.1) is 13.1 Å². The zero-order chi connectivity index (χ0) is 14.3. The number of hydrogen-bond donors (Lipinski definition) is 1. The van der Waals surface area contributed by atoms with Crippen LogP contribution in [0.4, 0.5) is 5.13 Å². The topological polar surface area (TPSA) is 61.4 Å². The number of anilines is 1. The molecule has 108 valence electrons. The average Bonchev–Trinajstić information content (AvgIpc) is 2.78. The summed E-state index contributed by atoms with van der Waals surface area (Å²) in [5.74, 6) is 0.156. The molecule has 0 atom stereocenters. The highest BCUT2D eigenvalue weighted by Gasteiger charge is 2.14. The zero-order valence-electron chi connectivity index (χ0n) is 12.1. The van der Waals surface area contributed by atoms with Crippen molar-refractivity contribution in [2.24, 2.45) is 0 Å².